The highest BCUT2D eigenvalue weighted by Crippen LogP contribution is 2.11. The van der Waals surface area contributed by atoms with Crippen molar-refractivity contribution < 1.29 is 17.9 Å². The molecule has 1 N–H and O–H groups in total. The van der Waals surface area contributed by atoms with Crippen LogP contribution in [0.15, 0.2) is 48.7 Å². The third-order valence-electron chi connectivity index (χ3n) is 2.80. The highest BCUT2D eigenvalue weighted by atomic mass is 32.2. The van der Waals surface area contributed by atoms with Crippen molar-refractivity contribution in [2.45, 2.75) is 12.8 Å². The SMILES string of the molecule is O=C(Nc1ccc(CCC[SH](=O)=O)nc1)Oc1ccccc1. The van der Waals surface area contributed by atoms with Crippen LogP contribution in [0.5, 0.6) is 5.75 Å². The molecule has 1 amide bonds. The maximum absolute atomic E-state index is 11.7. The van der Waals surface area contributed by atoms with Crippen LogP contribution in [0.1, 0.15) is 12.1 Å². The number of nitrogens with one attached hydrogen (secondary N) is 1. The summed E-state index contributed by atoms with van der Waals surface area (Å²) < 4.78 is 26.0. The number of benzene rings is 1. The summed E-state index contributed by atoms with van der Waals surface area (Å²) in [5.41, 5.74) is 1.29. The van der Waals surface area contributed by atoms with Crippen molar-refractivity contribution >= 4 is 22.5 Å². The van der Waals surface area contributed by atoms with Crippen LogP contribution in [0.4, 0.5) is 10.5 Å². The highest BCUT2D eigenvalue weighted by molar-refractivity contribution is 7.72. The summed E-state index contributed by atoms with van der Waals surface area (Å²) in [6, 6.07) is 12.2. The summed E-state index contributed by atoms with van der Waals surface area (Å²) in [6.07, 6.45) is 2.04. The number of aromatic nitrogens is 1. The van der Waals surface area contributed by atoms with Crippen LogP contribution in [-0.2, 0) is 17.1 Å². The molecule has 0 fully saturated rings. The number of carbonyl (C=O) groups is 1. The predicted octanol–water partition coefficient (Wildman–Crippen LogP) is 2.24. The second-order valence-electron chi connectivity index (χ2n) is 4.53. The second-order valence-corrected chi connectivity index (χ2v) is 5.64. The van der Waals surface area contributed by atoms with Gasteiger partial charge < -0.3 is 4.74 Å². The van der Waals surface area contributed by atoms with Gasteiger partial charge in [-0.2, -0.15) is 0 Å². The Morgan fingerprint density at radius 1 is 1.14 bits per heavy atom. The zero-order valence-electron chi connectivity index (χ0n) is 11.8. The van der Waals surface area contributed by atoms with E-state index in [1.807, 2.05) is 6.07 Å². The number of rotatable bonds is 6. The molecule has 1 aromatic heterocycles. The van der Waals surface area contributed by atoms with E-state index < -0.39 is 16.8 Å². The first-order chi connectivity index (χ1) is 10.6. The molecule has 7 heteroatoms. The number of carbonyl (C=O) groups excluding carboxylic acids is 1. The molecule has 0 aliphatic carbocycles. The van der Waals surface area contributed by atoms with E-state index in [1.165, 1.54) is 6.20 Å². The smallest absolute Gasteiger partial charge is 0.410 e. The molecule has 6 nitrogen and oxygen atoms in total. The lowest BCUT2D eigenvalue weighted by molar-refractivity contribution is 0.215. The average Bonchev–Trinajstić information content (AvgIpc) is 2.49. The lowest BCUT2D eigenvalue weighted by Gasteiger charge is -2.06. The van der Waals surface area contributed by atoms with E-state index in [2.05, 4.69) is 10.3 Å². The number of amides is 1. The minimum Gasteiger partial charge on any atom is -0.410 e. The molecule has 0 aliphatic heterocycles. The number of hydrogen-bond acceptors (Lipinski definition) is 5. The Morgan fingerprint density at radius 3 is 2.55 bits per heavy atom. The number of para-hydroxylation sites is 1. The van der Waals surface area contributed by atoms with Gasteiger partial charge >= 0.3 is 6.09 Å². The maximum atomic E-state index is 11.7. The third-order valence-corrected chi connectivity index (χ3v) is 3.48. The minimum absolute atomic E-state index is 0.153. The van der Waals surface area contributed by atoms with E-state index in [-0.39, 0.29) is 5.75 Å². The number of nitrogens with zero attached hydrogens (tertiary/aromatic N) is 1. The third kappa shape index (κ3) is 5.53. The number of pyridine rings is 1. The van der Waals surface area contributed by atoms with Crippen molar-refractivity contribution in [3.05, 3.63) is 54.4 Å². The van der Waals surface area contributed by atoms with Gasteiger partial charge in [-0.25, -0.2) is 13.2 Å². The topological polar surface area (TPSA) is 85.4 Å². The summed E-state index contributed by atoms with van der Waals surface area (Å²) in [5, 5.41) is 2.57. The molecule has 2 rings (SSSR count). The fraction of sp³-hybridized carbons (Fsp3) is 0.200. The van der Waals surface area contributed by atoms with Crippen molar-refractivity contribution in [1.82, 2.24) is 4.98 Å². The van der Waals surface area contributed by atoms with E-state index in [4.69, 9.17) is 4.74 Å². The van der Waals surface area contributed by atoms with Crippen molar-refractivity contribution in [2.24, 2.45) is 0 Å². The van der Waals surface area contributed by atoms with Gasteiger partial charge in [0.1, 0.15) is 16.5 Å². The van der Waals surface area contributed by atoms with Gasteiger partial charge in [-0.1, -0.05) is 18.2 Å². The molecule has 22 heavy (non-hydrogen) atoms. The number of thiol groups is 1. The van der Waals surface area contributed by atoms with Crippen molar-refractivity contribution in [3.8, 4) is 5.75 Å². The van der Waals surface area contributed by atoms with E-state index in [0.29, 0.717) is 24.3 Å². The Hall–Kier alpha value is -2.41. The maximum Gasteiger partial charge on any atom is 0.417 e. The summed E-state index contributed by atoms with van der Waals surface area (Å²) >= 11 is 0. The van der Waals surface area contributed by atoms with Crippen LogP contribution < -0.4 is 10.1 Å². The average molecular weight is 320 g/mol. The molecule has 0 aliphatic rings. The van der Waals surface area contributed by atoms with Crippen molar-refractivity contribution in [2.75, 3.05) is 11.1 Å². The quantitative estimate of drug-likeness (QED) is 0.797. The zero-order valence-corrected chi connectivity index (χ0v) is 12.7. The molecule has 0 radical (unpaired) electrons. The highest BCUT2D eigenvalue weighted by Gasteiger charge is 2.05. The molecule has 0 bridgehead atoms. The first-order valence-electron chi connectivity index (χ1n) is 6.74. The normalized spacial score (nSPS) is 10.4. The Balaban J connectivity index is 1.84. The van der Waals surface area contributed by atoms with Gasteiger partial charge in [0.05, 0.1) is 11.9 Å². The second kappa shape index (κ2) is 8.14. The van der Waals surface area contributed by atoms with Crippen molar-refractivity contribution in [3.63, 3.8) is 0 Å². The summed E-state index contributed by atoms with van der Waals surface area (Å²) in [6.45, 7) is 0. The van der Waals surface area contributed by atoms with Gasteiger partial charge in [0.25, 0.3) is 0 Å². The van der Waals surface area contributed by atoms with E-state index in [9.17, 15) is 13.2 Å². The van der Waals surface area contributed by atoms with E-state index in [0.717, 1.165) is 5.69 Å². The fourth-order valence-corrected chi connectivity index (χ4v) is 2.19. The van der Waals surface area contributed by atoms with Gasteiger partial charge in [-0.15, -0.1) is 0 Å². The molecular weight excluding hydrogens is 304 g/mol. The van der Waals surface area contributed by atoms with Gasteiger partial charge in [0.2, 0.25) is 0 Å². The van der Waals surface area contributed by atoms with Gasteiger partial charge in [-0.3, -0.25) is 10.3 Å². The molecule has 116 valence electrons. The van der Waals surface area contributed by atoms with Gasteiger partial charge in [0.15, 0.2) is 0 Å². The molecule has 1 aromatic carbocycles. The largest absolute Gasteiger partial charge is 0.417 e. The molecular formula is C15H16N2O4S. The number of anilines is 1. The summed E-state index contributed by atoms with van der Waals surface area (Å²) in [4.78, 5) is 15.9. The monoisotopic (exact) mass is 320 g/mol. The van der Waals surface area contributed by atoms with E-state index >= 15 is 0 Å². The van der Waals surface area contributed by atoms with Crippen molar-refractivity contribution in [1.29, 1.82) is 0 Å². The molecule has 1 heterocycles. The van der Waals surface area contributed by atoms with Crippen LogP contribution in [0.2, 0.25) is 0 Å². The molecule has 2 aromatic rings. The Labute approximate surface area is 130 Å². The first kappa shape index (κ1) is 16.0. The van der Waals surface area contributed by atoms with Gasteiger partial charge in [-0.05, 0) is 37.1 Å². The van der Waals surface area contributed by atoms with Crippen LogP contribution in [0.25, 0.3) is 0 Å². The zero-order chi connectivity index (χ0) is 15.8. The fourth-order valence-electron chi connectivity index (χ4n) is 1.77. The molecule has 0 unspecified atom stereocenters. The first-order valence-corrected chi connectivity index (χ1v) is 8.10. The molecule has 0 saturated heterocycles. The molecule has 0 atom stereocenters. The summed E-state index contributed by atoms with van der Waals surface area (Å²) in [7, 11) is -2.34. The Morgan fingerprint density at radius 2 is 1.91 bits per heavy atom. The summed E-state index contributed by atoms with van der Waals surface area (Å²) in [5.74, 6) is 0.608. The standard InChI is InChI=1S/C15H16N2O4S/c18-15(21-14-6-2-1-3-7-14)17-13-9-8-12(16-11-13)5-4-10-22(19)20/h1-3,6-9,11,22H,4-5,10H2,(H,17,18). The lowest BCUT2D eigenvalue weighted by Crippen LogP contribution is -2.16. The Kier molecular flexibility index (Phi) is 5.91. The van der Waals surface area contributed by atoms with Crippen LogP contribution in [0.3, 0.4) is 0 Å². The molecule has 0 saturated carbocycles. The lowest BCUT2D eigenvalue weighted by atomic mass is 10.2. The van der Waals surface area contributed by atoms with Crippen LogP contribution in [0, 0.1) is 0 Å². The van der Waals surface area contributed by atoms with Crippen LogP contribution in [-0.4, -0.2) is 25.2 Å². The van der Waals surface area contributed by atoms with E-state index in [1.54, 1.807) is 36.4 Å². The predicted molar refractivity (Wildman–Crippen MR) is 83.8 cm³/mol. The van der Waals surface area contributed by atoms with Gasteiger partial charge in [0, 0.05) is 11.4 Å². The number of aryl methyl sites for hydroxylation is 1. The number of hydrogen-bond donors (Lipinski definition) is 2. The minimum atomic E-state index is -2.34. The number of ether oxygens (including phenoxy) is 1. The van der Waals surface area contributed by atoms with Crippen LogP contribution >= 0.6 is 0 Å². The molecule has 0 spiro atoms. The Bertz CT molecular complexity index is 676.